The summed E-state index contributed by atoms with van der Waals surface area (Å²) in [6.45, 7) is 0. The molecule has 0 unspecified atom stereocenters. The number of nitrogens with one attached hydrogen (secondary N) is 1. The third kappa shape index (κ3) is 3.53. The van der Waals surface area contributed by atoms with E-state index in [-0.39, 0.29) is 5.91 Å². The molecule has 92 valence electrons. The van der Waals surface area contributed by atoms with Crippen molar-refractivity contribution in [2.75, 3.05) is 0 Å². The lowest BCUT2D eigenvalue weighted by molar-refractivity contribution is -0.128. The Morgan fingerprint density at radius 3 is 2.33 bits per heavy atom. The van der Waals surface area contributed by atoms with E-state index in [9.17, 15) is 4.79 Å². The number of thiol groups is 1. The molecule has 1 heterocycles. The lowest BCUT2D eigenvalue weighted by Gasteiger charge is -2.15. The van der Waals surface area contributed by atoms with Gasteiger partial charge in [-0.05, 0) is 18.2 Å². The van der Waals surface area contributed by atoms with Crippen LogP contribution in [0.25, 0.3) is 0 Å². The van der Waals surface area contributed by atoms with Gasteiger partial charge in [0.2, 0.25) is 0 Å². The van der Waals surface area contributed by atoms with Crippen molar-refractivity contribution >= 4 is 18.5 Å². The van der Waals surface area contributed by atoms with Crippen LogP contribution >= 0.6 is 12.6 Å². The number of hydroxylamine groups is 1. The van der Waals surface area contributed by atoms with Crippen LogP contribution in [0.2, 0.25) is 0 Å². The van der Waals surface area contributed by atoms with Crippen molar-refractivity contribution < 1.29 is 9.63 Å². The maximum Gasteiger partial charge on any atom is 0.257 e. The molecule has 1 aliphatic rings. The van der Waals surface area contributed by atoms with Gasteiger partial charge in [-0.15, -0.1) is 12.6 Å². The number of carbonyl (C=O) groups is 1. The predicted molar refractivity (Wildman–Crippen MR) is 72.6 cm³/mol. The molecule has 0 saturated carbocycles. The molecule has 1 aliphatic heterocycles. The van der Waals surface area contributed by atoms with Crippen LogP contribution in [-0.4, -0.2) is 5.91 Å². The largest absolute Gasteiger partial charge is 0.379 e. The smallest absolute Gasteiger partial charge is 0.257 e. The van der Waals surface area contributed by atoms with Crippen LogP contribution in [0.1, 0.15) is 5.56 Å². The Balaban J connectivity index is 0.000000149. The summed E-state index contributed by atoms with van der Waals surface area (Å²) in [6.07, 6.45) is 0.413. The van der Waals surface area contributed by atoms with Crippen molar-refractivity contribution in [3.05, 3.63) is 60.2 Å². The summed E-state index contributed by atoms with van der Waals surface area (Å²) in [6, 6.07) is 17.3. The molecule has 1 amide bonds. The van der Waals surface area contributed by atoms with Gasteiger partial charge < -0.3 is 4.84 Å². The SMILES string of the molecule is O=C1Cc2ccccc2ON1.Sc1ccccc1. The molecule has 0 bridgehead atoms. The first-order valence-electron chi connectivity index (χ1n) is 5.53. The standard InChI is InChI=1S/C8H7NO2.C6H6S/c10-8-5-6-3-1-2-4-7(6)11-9-8;7-6-4-2-1-3-5-6/h1-4H,5H2,(H,9,10);1-5,7H. The van der Waals surface area contributed by atoms with Gasteiger partial charge in [0.15, 0.2) is 5.75 Å². The highest BCUT2D eigenvalue weighted by molar-refractivity contribution is 7.80. The molecule has 0 spiro atoms. The number of rotatable bonds is 0. The maximum absolute atomic E-state index is 10.8. The number of amides is 1. The molecular formula is C14H13NO2S. The second kappa shape index (κ2) is 6.12. The Bertz CT molecular complexity index is 528. The normalized spacial score (nSPS) is 12.4. The van der Waals surface area contributed by atoms with Crippen LogP contribution in [0.15, 0.2) is 59.5 Å². The molecule has 0 fully saturated rings. The van der Waals surface area contributed by atoms with E-state index in [1.54, 1.807) is 0 Å². The van der Waals surface area contributed by atoms with Crippen LogP contribution in [0.5, 0.6) is 5.75 Å². The molecule has 2 aromatic carbocycles. The topological polar surface area (TPSA) is 38.3 Å². The lowest BCUT2D eigenvalue weighted by Crippen LogP contribution is -2.32. The Labute approximate surface area is 111 Å². The van der Waals surface area contributed by atoms with E-state index in [0.717, 1.165) is 16.2 Å². The molecule has 3 nitrogen and oxygen atoms in total. The fraction of sp³-hybridized carbons (Fsp3) is 0.0714. The second-order valence-electron chi connectivity index (χ2n) is 3.75. The van der Waals surface area contributed by atoms with Crippen molar-refractivity contribution in [3.63, 3.8) is 0 Å². The van der Waals surface area contributed by atoms with Crippen LogP contribution in [0.4, 0.5) is 0 Å². The third-order valence-electron chi connectivity index (χ3n) is 2.35. The fourth-order valence-corrected chi connectivity index (χ4v) is 1.67. The van der Waals surface area contributed by atoms with Crippen LogP contribution in [0, 0.1) is 0 Å². The van der Waals surface area contributed by atoms with Gasteiger partial charge in [-0.1, -0.05) is 36.4 Å². The Morgan fingerprint density at radius 2 is 1.67 bits per heavy atom. The number of carbonyl (C=O) groups excluding carboxylic acids is 1. The molecule has 2 aromatic rings. The van der Waals surface area contributed by atoms with Crippen molar-refractivity contribution in [1.29, 1.82) is 0 Å². The zero-order valence-corrected chi connectivity index (χ0v) is 10.6. The zero-order valence-electron chi connectivity index (χ0n) is 9.67. The molecule has 18 heavy (non-hydrogen) atoms. The minimum atomic E-state index is -0.0938. The highest BCUT2D eigenvalue weighted by atomic mass is 32.1. The number of fused-ring (bicyclic) bond motifs is 1. The van der Waals surface area contributed by atoms with Crippen LogP contribution < -0.4 is 10.3 Å². The highest BCUT2D eigenvalue weighted by Crippen LogP contribution is 2.19. The number of hydrogen-bond acceptors (Lipinski definition) is 3. The minimum Gasteiger partial charge on any atom is -0.379 e. The van der Waals surface area contributed by atoms with Gasteiger partial charge in [0.1, 0.15) is 0 Å². The van der Waals surface area contributed by atoms with Gasteiger partial charge in [-0.25, -0.2) is 0 Å². The van der Waals surface area contributed by atoms with Crippen molar-refractivity contribution in [3.8, 4) is 5.75 Å². The number of para-hydroxylation sites is 1. The summed E-state index contributed by atoms with van der Waals surface area (Å²) in [5, 5.41) is 0. The van der Waals surface area contributed by atoms with E-state index in [1.807, 2.05) is 54.6 Å². The average Bonchev–Trinajstić information content (AvgIpc) is 2.40. The Morgan fingerprint density at radius 1 is 1.00 bits per heavy atom. The minimum absolute atomic E-state index is 0.0938. The Kier molecular flexibility index (Phi) is 4.25. The van der Waals surface area contributed by atoms with Gasteiger partial charge in [-0.2, -0.15) is 5.48 Å². The van der Waals surface area contributed by atoms with Crippen LogP contribution in [-0.2, 0) is 11.2 Å². The lowest BCUT2D eigenvalue weighted by atomic mass is 10.1. The van der Waals surface area contributed by atoms with E-state index in [4.69, 9.17) is 4.84 Å². The molecule has 3 rings (SSSR count). The van der Waals surface area contributed by atoms with Crippen molar-refractivity contribution in [1.82, 2.24) is 5.48 Å². The van der Waals surface area contributed by atoms with Gasteiger partial charge in [-0.3, -0.25) is 4.79 Å². The van der Waals surface area contributed by atoms with Crippen molar-refractivity contribution in [2.24, 2.45) is 0 Å². The first-order chi connectivity index (χ1) is 8.75. The molecule has 4 heteroatoms. The van der Waals surface area contributed by atoms with Gasteiger partial charge in [0.25, 0.3) is 5.91 Å². The molecule has 0 atom stereocenters. The second-order valence-corrected chi connectivity index (χ2v) is 4.26. The zero-order chi connectivity index (χ0) is 12.8. The monoisotopic (exact) mass is 259 g/mol. The van der Waals surface area contributed by atoms with Gasteiger partial charge >= 0.3 is 0 Å². The fourth-order valence-electron chi connectivity index (χ4n) is 1.50. The van der Waals surface area contributed by atoms with Crippen molar-refractivity contribution in [2.45, 2.75) is 11.3 Å². The van der Waals surface area contributed by atoms with E-state index in [0.29, 0.717) is 6.42 Å². The van der Waals surface area contributed by atoms with Crippen LogP contribution in [0.3, 0.4) is 0 Å². The quantitative estimate of drug-likeness (QED) is 0.714. The predicted octanol–water partition coefficient (Wildman–Crippen LogP) is 2.63. The summed E-state index contributed by atoms with van der Waals surface area (Å²) < 4.78 is 0. The summed E-state index contributed by atoms with van der Waals surface area (Å²) in [7, 11) is 0. The van der Waals surface area contributed by atoms with E-state index in [2.05, 4.69) is 18.1 Å². The van der Waals surface area contributed by atoms with E-state index < -0.39 is 0 Å². The van der Waals surface area contributed by atoms with Gasteiger partial charge in [0.05, 0.1) is 6.42 Å². The summed E-state index contributed by atoms with van der Waals surface area (Å²) in [5.74, 6) is 0.649. The molecule has 0 radical (unpaired) electrons. The molecular weight excluding hydrogens is 246 g/mol. The summed E-state index contributed by atoms with van der Waals surface area (Å²) in [5.41, 5.74) is 3.24. The summed E-state index contributed by atoms with van der Waals surface area (Å²) >= 11 is 4.08. The molecule has 0 aromatic heterocycles. The van der Waals surface area contributed by atoms with E-state index in [1.165, 1.54) is 0 Å². The average molecular weight is 259 g/mol. The van der Waals surface area contributed by atoms with E-state index >= 15 is 0 Å². The number of hydrogen-bond donors (Lipinski definition) is 2. The van der Waals surface area contributed by atoms with Gasteiger partial charge in [0, 0.05) is 10.5 Å². The Hall–Kier alpha value is -1.94. The number of benzene rings is 2. The molecule has 0 saturated heterocycles. The molecule has 1 N–H and O–H groups in total. The summed E-state index contributed by atoms with van der Waals surface area (Å²) in [4.78, 5) is 16.7. The first-order valence-corrected chi connectivity index (χ1v) is 5.98. The maximum atomic E-state index is 10.8. The third-order valence-corrected chi connectivity index (χ3v) is 2.65. The molecule has 0 aliphatic carbocycles. The highest BCUT2D eigenvalue weighted by Gasteiger charge is 2.14. The first kappa shape index (κ1) is 12.5.